The molecular formula is C14H19N3. The van der Waals surface area contributed by atoms with Gasteiger partial charge in [-0.25, -0.2) is 0 Å². The van der Waals surface area contributed by atoms with Gasteiger partial charge in [-0.05, 0) is 30.9 Å². The molecule has 3 nitrogen and oxygen atoms in total. The van der Waals surface area contributed by atoms with Crippen LogP contribution < -0.4 is 10.6 Å². The van der Waals surface area contributed by atoms with Gasteiger partial charge in [0.25, 0.3) is 0 Å². The molecule has 1 saturated heterocycles. The number of rotatable bonds is 2. The number of hydrogen-bond acceptors (Lipinski definition) is 3. The van der Waals surface area contributed by atoms with E-state index in [2.05, 4.69) is 17.9 Å². The molecule has 17 heavy (non-hydrogen) atoms. The van der Waals surface area contributed by atoms with Crippen molar-refractivity contribution in [3.63, 3.8) is 0 Å². The van der Waals surface area contributed by atoms with Crippen molar-refractivity contribution in [1.29, 1.82) is 5.26 Å². The Morgan fingerprint density at radius 1 is 1.41 bits per heavy atom. The van der Waals surface area contributed by atoms with Crippen LogP contribution in [0.25, 0.3) is 0 Å². The van der Waals surface area contributed by atoms with Gasteiger partial charge in [-0.3, -0.25) is 0 Å². The predicted octanol–water partition coefficient (Wildman–Crippen LogP) is 2.77. The second-order valence-electron chi connectivity index (χ2n) is 4.69. The van der Waals surface area contributed by atoms with E-state index in [1.165, 1.54) is 19.3 Å². The lowest BCUT2D eigenvalue weighted by Crippen LogP contribution is -2.34. The fourth-order valence-electron chi connectivity index (χ4n) is 2.51. The summed E-state index contributed by atoms with van der Waals surface area (Å²) < 4.78 is 0. The maximum absolute atomic E-state index is 8.97. The average molecular weight is 229 g/mol. The molecule has 0 aliphatic carbocycles. The molecule has 1 fully saturated rings. The molecule has 1 aromatic carbocycles. The van der Waals surface area contributed by atoms with Crippen molar-refractivity contribution in [3.8, 4) is 6.07 Å². The minimum absolute atomic E-state index is 0.583. The summed E-state index contributed by atoms with van der Waals surface area (Å²) in [5, 5.41) is 8.97. The molecule has 0 amide bonds. The molecule has 0 aromatic heterocycles. The molecule has 1 aliphatic heterocycles. The lowest BCUT2D eigenvalue weighted by molar-refractivity contribution is 0.395. The normalized spacial score (nSPS) is 16.8. The van der Waals surface area contributed by atoms with Gasteiger partial charge in [-0.2, -0.15) is 5.26 Å². The third kappa shape index (κ3) is 2.36. The van der Waals surface area contributed by atoms with Crippen molar-refractivity contribution >= 4 is 11.4 Å². The standard InChI is InChI=1S/C14H19N3/c1-2-11-6-8-17(9-7-11)13-5-3-4-12(10-15)14(13)16/h3-5,11H,2,6-9,16H2,1H3. The van der Waals surface area contributed by atoms with Crippen LogP contribution in [-0.4, -0.2) is 13.1 Å². The van der Waals surface area contributed by atoms with Crippen LogP contribution in [0.4, 0.5) is 11.4 Å². The van der Waals surface area contributed by atoms with Crippen LogP contribution in [0, 0.1) is 17.2 Å². The summed E-state index contributed by atoms with van der Waals surface area (Å²) in [7, 11) is 0. The lowest BCUT2D eigenvalue weighted by Gasteiger charge is -2.34. The highest BCUT2D eigenvalue weighted by molar-refractivity contribution is 5.74. The molecule has 1 aliphatic rings. The number of nitrogens with zero attached hydrogens (tertiary/aromatic N) is 2. The van der Waals surface area contributed by atoms with Gasteiger partial charge in [0.05, 0.1) is 16.9 Å². The van der Waals surface area contributed by atoms with E-state index < -0.39 is 0 Å². The van der Waals surface area contributed by atoms with E-state index in [0.717, 1.165) is 24.7 Å². The first-order chi connectivity index (χ1) is 8.26. The lowest BCUT2D eigenvalue weighted by atomic mass is 9.94. The summed E-state index contributed by atoms with van der Waals surface area (Å²) in [6.07, 6.45) is 3.72. The number of piperidine rings is 1. The van der Waals surface area contributed by atoms with E-state index in [1.807, 2.05) is 12.1 Å². The third-order valence-corrected chi connectivity index (χ3v) is 3.74. The van der Waals surface area contributed by atoms with Crippen molar-refractivity contribution in [3.05, 3.63) is 23.8 Å². The topological polar surface area (TPSA) is 53.0 Å². The maximum Gasteiger partial charge on any atom is 0.101 e. The van der Waals surface area contributed by atoms with Crippen LogP contribution in [0.15, 0.2) is 18.2 Å². The summed E-state index contributed by atoms with van der Waals surface area (Å²) in [5.41, 5.74) is 8.27. The van der Waals surface area contributed by atoms with E-state index in [4.69, 9.17) is 11.0 Å². The Morgan fingerprint density at radius 3 is 2.71 bits per heavy atom. The second-order valence-corrected chi connectivity index (χ2v) is 4.69. The molecule has 0 bridgehead atoms. The molecule has 0 radical (unpaired) electrons. The zero-order valence-corrected chi connectivity index (χ0v) is 10.3. The number of nitrogen functional groups attached to an aromatic ring is 1. The minimum Gasteiger partial charge on any atom is -0.396 e. The minimum atomic E-state index is 0.583. The van der Waals surface area contributed by atoms with Crippen molar-refractivity contribution in [2.24, 2.45) is 5.92 Å². The molecular weight excluding hydrogens is 210 g/mol. The number of nitrogens with two attached hydrogens (primary N) is 1. The van der Waals surface area contributed by atoms with Crippen molar-refractivity contribution in [2.45, 2.75) is 26.2 Å². The van der Waals surface area contributed by atoms with Crippen LogP contribution in [0.3, 0.4) is 0 Å². The molecule has 1 aromatic rings. The predicted molar refractivity (Wildman–Crippen MR) is 70.8 cm³/mol. The molecule has 90 valence electrons. The zero-order valence-electron chi connectivity index (χ0n) is 10.3. The Bertz CT molecular complexity index is 426. The molecule has 3 heteroatoms. The van der Waals surface area contributed by atoms with Crippen molar-refractivity contribution < 1.29 is 0 Å². The van der Waals surface area contributed by atoms with Gasteiger partial charge in [0.1, 0.15) is 6.07 Å². The second kappa shape index (κ2) is 5.09. The van der Waals surface area contributed by atoms with Crippen molar-refractivity contribution in [2.75, 3.05) is 23.7 Å². The molecule has 2 rings (SSSR count). The van der Waals surface area contributed by atoms with Gasteiger partial charge in [0, 0.05) is 13.1 Å². The first-order valence-electron chi connectivity index (χ1n) is 6.29. The first kappa shape index (κ1) is 11.8. The fraction of sp³-hybridized carbons (Fsp3) is 0.500. The largest absolute Gasteiger partial charge is 0.396 e. The highest BCUT2D eigenvalue weighted by Gasteiger charge is 2.20. The summed E-state index contributed by atoms with van der Waals surface area (Å²) >= 11 is 0. The van der Waals surface area contributed by atoms with Crippen molar-refractivity contribution in [1.82, 2.24) is 0 Å². The van der Waals surface area contributed by atoms with E-state index in [9.17, 15) is 0 Å². The quantitative estimate of drug-likeness (QED) is 0.793. The maximum atomic E-state index is 8.97. The zero-order chi connectivity index (χ0) is 12.3. The number of nitriles is 1. The number of para-hydroxylation sites is 1. The monoisotopic (exact) mass is 229 g/mol. The average Bonchev–Trinajstić information content (AvgIpc) is 2.39. The SMILES string of the molecule is CCC1CCN(c2cccc(C#N)c2N)CC1. The molecule has 0 spiro atoms. The van der Waals surface area contributed by atoms with E-state index >= 15 is 0 Å². The van der Waals surface area contributed by atoms with Crippen LogP contribution in [-0.2, 0) is 0 Å². The number of benzene rings is 1. The highest BCUT2D eigenvalue weighted by atomic mass is 15.1. The van der Waals surface area contributed by atoms with Gasteiger partial charge in [0.15, 0.2) is 0 Å². The molecule has 0 unspecified atom stereocenters. The van der Waals surface area contributed by atoms with Crippen LogP contribution >= 0.6 is 0 Å². The summed E-state index contributed by atoms with van der Waals surface area (Å²) in [6.45, 7) is 4.36. The molecule has 0 saturated carbocycles. The van der Waals surface area contributed by atoms with Gasteiger partial charge in [-0.15, -0.1) is 0 Å². The van der Waals surface area contributed by atoms with Crippen LogP contribution in [0.5, 0.6) is 0 Å². The Labute approximate surface area is 103 Å². The van der Waals surface area contributed by atoms with Gasteiger partial charge >= 0.3 is 0 Å². The number of anilines is 2. The Kier molecular flexibility index (Phi) is 3.53. The van der Waals surface area contributed by atoms with Gasteiger partial charge in [0.2, 0.25) is 0 Å². The summed E-state index contributed by atoms with van der Waals surface area (Å²) in [5.74, 6) is 0.853. The third-order valence-electron chi connectivity index (χ3n) is 3.74. The Balaban J connectivity index is 2.16. The first-order valence-corrected chi connectivity index (χ1v) is 6.29. The van der Waals surface area contributed by atoms with Crippen LogP contribution in [0.2, 0.25) is 0 Å². The Hall–Kier alpha value is -1.69. The highest BCUT2D eigenvalue weighted by Crippen LogP contribution is 2.30. The van der Waals surface area contributed by atoms with Gasteiger partial charge < -0.3 is 10.6 Å². The molecule has 2 N–H and O–H groups in total. The van der Waals surface area contributed by atoms with E-state index in [0.29, 0.717) is 11.3 Å². The smallest absolute Gasteiger partial charge is 0.101 e. The summed E-state index contributed by atoms with van der Waals surface area (Å²) in [4.78, 5) is 2.31. The van der Waals surface area contributed by atoms with E-state index in [1.54, 1.807) is 6.07 Å². The Morgan fingerprint density at radius 2 is 2.12 bits per heavy atom. The molecule has 1 heterocycles. The van der Waals surface area contributed by atoms with E-state index in [-0.39, 0.29) is 0 Å². The van der Waals surface area contributed by atoms with Crippen LogP contribution in [0.1, 0.15) is 31.7 Å². The summed E-state index contributed by atoms with van der Waals surface area (Å²) in [6, 6.07) is 7.85. The fourth-order valence-corrected chi connectivity index (χ4v) is 2.51. The molecule has 0 atom stereocenters. The number of hydrogen-bond donors (Lipinski definition) is 1. The van der Waals surface area contributed by atoms with Gasteiger partial charge in [-0.1, -0.05) is 19.4 Å².